The number of aromatic nitrogens is 3. The van der Waals surface area contributed by atoms with E-state index in [0.717, 1.165) is 30.9 Å². The quantitative estimate of drug-likeness (QED) is 0.746. The van der Waals surface area contributed by atoms with Crippen LogP contribution in [0.15, 0.2) is 0 Å². The number of nitrogens with zero attached hydrogens (tertiary/aromatic N) is 5. The molecule has 0 saturated carbocycles. The van der Waals surface area contributed by atoms with Gasteiger partial charge in [-0.25, -0.2) is 12.7 Å². The summed E-state index contributed by atoms with van der Waals surface area (Å²) in [7, 11) is -3.13. The molecule has 8 nitrogen and oxygen atoms in total. The molecule has 3 rings (SSSR count). The van der Waals surface area contributed by atoms with Gasteiger partial charge in [0.15, 0.2) is 0 Å². The monoisotopic (exact) mass is 397 g/mol. The number of sulfonamides is 1. The molecule has 0 radical (unpaired) electrons. The molecule has 9 heteroatoms. The van der Waals surface area contributed by atoms with Crippen LogP contribution in [-0.2, 0) is 27.8 Å². The summed E-state index contributed by atoms with van der Waals surface area (Å²) >= 11 is 0. The molecule has 2 aliphatic rings. The van der Waals surface area contributed by atoms with E-state index in [1.807, 2.05) is 25.7 Å². The first-order chi connectivity index (χ1) is 12.8. The fraction of sp³-hybridized carbons (Fsp3) is 0.833. The first-order valence-corrected chi connectivity index (χ1v) is 11.6. The lowest BCUT2D eigenvalue weighted by atomic mass is 9.97. The average Bonchev–Trinajstić information content (AvgIpc) is 2.92. The molecule has 1 aromatic heterocycles. The van der Waals surface area contributed by atoms with Gasteiger partial charge in [-0.1, -0.05) is 20.8 Å². The Morgan fingerprint density at radius 3 is 2.44 bits per heavy atom. The molecule has 27 heavy (non-hydrogen) atoms. The van der Waals surface area contributed by atoms with Crippen LogP contribution in [0.2, 0.25) is 0 Å². The van der Waals surface area contributed by atoms with Gasteiger partial charge < -0.3 is 9.47 Å². The van der Waals surface area contributed by atoms with Gasteiger partial charge in [0.25, 0.3) is 0 Å². The lowest BCUT2D eigenvalue weighted by molar-refractivity contribution is -0.134. The Bertz CT molecular complexity index is 766. The van der Waals surface area contributed by atoms with Crippen LogP contribution in [0.1, 0.15) is 57.6 Å². The van der Waals surface area contributed by atoms with E-state index in [4.69, 9.17) is 0 Å². The van der Waals surface area contributed by atoms with Crippen LogP contribution in [0.4, 0.5) is 0 Å². The molecule has 1 saturated heterocycles. The van der Waals surface area contributed by atoms with E-state index in [0.29, 0.717) is 39.1 Å². The SMILES string of the molecule is CCCS(=O)(=O)N1CCC(c2nnc3n2CCN(C(=O)C(C)C)CC3)CC1. The third kappa shape index (κ3) is 4.34. The predicted molar refractivity (Wildman–Crippen MR) is 103 cm³/mol. The number of carbonyl (C=O) groups is 1. The zero-order valence-corrected chi connectivity index (χ0v) is 17.4. The lowest BCUT2D eigenvalue weighted by Gasteiger charge is -2.31. The number of hydrogen-bond acceptors (Lipinski definition) is 5. The van der Waals surface area contributed by atoms with Gasteiger partial charge in [0, 0.05) is 51.0 Å². The van der Waals surface area contributed by atoms with Crippen molar-refractivity contribution in [2.45, 2.75) is 58.9 Å². The summed E-state index contributed by atoms with van der Waals surface area (Å²) in [6.45, 7) is 8.92. The third-order valence-corrected chi connectivity index (χ3v) is 7.61. The van der Waals surface area contributed by atoms with Gasteiger partial charge in [-0.15, -0.1) is 10.2 Å². The number of rotatable bonds is 5. The highest BCUT2D eigenvalue weighted by Gasteiger charge is 2.32. The normalized spacial score (nSPS) is 19.9. The van der Waals surface area contributed by atoms with E-state index in [2.05, 4.69) is 14.8 Å². The summed E-state index contributed by atoms with van der Waals surface area (Å²) in [6, 6.07) is 0. The molecule has 0 aromatic carbocycles. The second-order valence-electron chi connectivity index (χ2n) is 7.85. The van der Waals surface area contributed by atoms with Gasteiger partial charge in [0.2, 0.25) is 15.9 Å². The highest BCUT2D eigenvalue weighted by molar-refractivity contribution is 7.89. The first-order valence-electron chi connectivity index (χ1n) is 10.0. The van der Waals surface area contributed by atoms with Crippen LogP contribution >= 0.6 is 0 Å². The Labute approximate surface area is 162 Å². The number of piperidine rings is 1. The molecule has 1 aromatic rings. The van der Waals surface area contributed by atoms with Crippen molar-refractivity contribution in [1.82, 2.24) is 24.0 Å². The van der Waals surface area contributed by atoms with Gasteiger partial charge in [0.05, 0.1) is 5.75 Å². The average molecular weight is 398 g/mol. The minimum Gasteiger partial charge on any atom is -0.340 e. The van der Waals surface area contributed by atoms with E-state index in [-0.39, 0.29) is 23.5 Å². The molecule has 0 spiro atoms. The van der Waals surface area contributed by atoms with Crippen molar-refractivity contribution >= 4 is 15.9 Å². The maximum atomic E-state index is 12.3. The maximum Gasteiger partial charge on any atom is 0.225 e. The summed E-state index contributed by atoms with van der Waals surface area (Å²) < 4.78 is 28.3. The Balaban J connectivity index is 1.66. The summed E-state index contributed by atoms with van der Waals surface area (Å²) in [5.74, 6) is 2.53. The van der Waals surface area contributed by atoms with Crippen molar-refractivity contribution in [3.05, 3.63) is 11.6 Å². The molecule has 0 bridgehead atoms. The topological polar surface area (TPSA) is 88.4 Å². The van der Waals surface area contributed by atoms with Crippen LogP contribution in [0.3, 0.4) is 0 Å². The second-order valence-corrected chi connectivity index (χ2v) is 9.93. The van der Waals surface area contributed by atoms with Crippen LogP contribution in [0, 0.1) is 5.92 Å². The van der Waals surface area contributed by atoms with Crippen LogP contribution in [-0.4, -0.2) is 70.2 Å². The summed E-state index contributed by atoms with van der Waals surface area (Å²) in [5, 5.41) is 8.80. The van der Waals surface area contributed by atoms with Crippen molar-refractivity contribution < 1.29 is 13.2 Å². The van der Waals surface area contributed by atoms with E-state index in [1.165, 1.54) is 0 Å². The van der Waals surface area contributed by atoms with E-state index in [9.17, 15) is 13.2 Å². The number of amides is 1. The molecule has 2 aliphatic heterocycles. The molecular formula is C18H31N5O3S. The smallest absolute Gasteiger partial charge is 0.225 e. The minimum atomic E-state index is -3.13. The summed E-state index contributed by atoms with van der Waals surface area (Å²) in [4.78, 5) is 14.2. The fourth-order valence-electron chi connectivity index (χ4n) is 4.01. The van der Waals surface area contributed by atoms with Crippen LogP contribution in [0.5, 0.6) is 0 Å². The molecule has 0 unspecified atom stereocenters. The van der Waals surface area contributed by atoms with Crippen molar-refractivity contribution in [3.63, 3.8) is 0 Å². The Morgan fingerprint density at radius 1 is 1.11 bits per heavy atom. The number of hydrogen-bond donors (Lipinski definition) is 0. The van der Waals surface area contributed by atoms with Crippen molar-refractivity contribution in [1.29, 1.82) is 0 Å². The van der Waals surface area contributed by atoms with E-state index >= 15 is 0 Å². The van der Waals surface area contributed by atoms with E-state index in [1.54, 1.807) is 4.31 Å². The highest BCUT2D eigenvalue weighted by Crippen LogP contribution is 2.29. The Hall–Kier alpha value is -1.48. The van der Waals surface area contributed by atoms with Crippen molar-refractivity contribution in [2.24, 2.45) is 5.92 Å². The third-order valence-electron chi connectivity index (χ3n) is 5.53. The minimum absolute atomic E-state index is 0.00224. The molecule has 3 heterocycles. The van der Waals surface area contributed by atoms with Gasteiger partial charge in [0.1, 0.15) is 11.6 Å². The Kier molecular flexibility index (Phi) is 6.20. The molecule has 1 amide bonds. The maximum absolute atomic E-state index is 12.3. The highest BCUT2D eigenvalue weighted by atomic mass is 32.2. The molecule has 0 atom stereocenters. The van der Waals surface area contributed by atoms with Gasteiger partial charge >= 0.3 is 0 Å². The van der Waals surface area contributed by atoms with E-state index < -0.39 is 10.0 Å². The standard InChI is InChI=1S/C18H31N5O3S/c1-4-13-27(25,26)22-9-5-15(6-10-22)17-20-19-16-7-8-21(11-12-23(16)17)18(24)14(2)3/h14-15H,4-13H2,1-3H3. The van der Waals surface area contributed by atoms with Crippen LogP contribution in [0.25, 0.3) is 0 Å². The fourth-order valence-corrected chi connectivity index (χ4v) is 5.55. The second kappa shape index (κ2) is 8.26. The van der Waals surface area contributed by atoms with Gasteiger partial charge in [-0.3, -0.25) is 4.79 Å². The largest absolute Gasteiger partial charge is 0.340 e. The molecule has 152 valence electrons. The van der Waals surface area contributed by atoms with Crippen LogP contribution < -0.4 is 0 Å². The number of carbonyl (C=O) groups excluding carboxylic acids is 1. The van der Waals surface area contributed by atoms with Crippen molar-refractivity contribution in [3.8, 4) is 0 Å². The van der Waals surface area contributed by atoms with Gasteiger partial charge in [-0.2, -0.15) is 0 Å². The summed E-state index contributed by atoms with van der Waals surface area (Å²) in [5.41, 5.74) is 0. The lowest BCUT2D eigenvalue weighted by Crippen LogP contribution is -2.39. The molecule has 0 N–H and O–H groups in total. The Morgan fingerprint density at radius 2 is 1.81 bits per heavy atom. The summed E-state index contributed by atoms with van der Waals surface area (Å²) in [6.07, 6.45) is 2.91. The predicted octanol–water partition coefficient (Wildman–Crippen LogP) is 1.24. The molecular weight excluding hydrogens is 366 g/mol. The molecule has 0 aliphatic carbocycles. The number of fused-ring (bicyclic) bond motifs is 1. The first kappa shape index (κ1) is 20.3. The van der Waals surface area contributed by atoms with Gasteiger partial charge in [-0.05, 0) is 19.3 Å². The van der Waals surface area contributed by atoms with Crippen molar-refractivity contribution in [2.75, 3.05) is 31.9 Å². The molecule has 1 fully saturated rings. The zero-order chi connectivity index (χ0) is 19.6. The zero-order valence-electron chi connectivity index (χ0n) is 16.6.